The molecule has 0 bridgehead atoms. The predicted molar refractivity (Wildman–Crippen MR) is 67.2 cm³/mol. The Balaban J connectivity index is -0.000000218. The molecule has 0 saturated carbocycles. The van der Waals surface area contributed by atoms with Gasteiger partial charge in [-0.2, -0.15) is 0 Å². The van der Waals surface area contributed by atoms with Crippen LogP contribution < -0.4 is 0 Å². The molecular weight excluding hydrogens is 276 g/mol. The van der Waals surface area contributed by atoms with Crippen molar-refractivity contribution in [3.05, 3.63) is 0 Å². The molecular formula is C11H22O9. The third-order valence-electron chi connectivity index (χ3n) is 1.34. The van der Waals surface area contributed by atoms with Gasteiger partial charge in [0.25, 0.3) is 0 Å². The van der Waals surface area contributed by atoms with Crippen molar-refractivity contribution >= 4 is 17.9 Å². The molecule has 1 atom stereocenters. The van der Waals surface area contributed by atoms with Crippen molar-refractivity contribution in [1.82, 2.24) is 0 Å². The fraction of sp³-hybridized carbons (Fsp3) is 0.727. The number of aliphatic carboxylic acids is 3. The first-order chi connectivity index (χ1) is 9.17. The molecule has 6 N–H and O–H groups in total. The zero-order valence-corrected chi connectivity index (χ0v) is 11.2. The molecule has 9 nitrogen and oxygen atoms in total. The highest BCUT2D eigenvalue weighted by Crippen LogP contribution is 1.85. The van der Waals surface area contributed by atoms with Crippen molar-refractivity contribution in [3.63, 3.8) is 0 Å². The maximum absolute atomic E-state index is 9.65. The maximum atomic E-state index is 9.65. The molecule has 0 fully saturated rings. The minimum Gasteiger partial charge on any atom is -0.481 e. The van der Waals surface area contributed by atoms with Crippen LogP contribution in [0.4, 0.5) is 0 Å². The van der Waals surface area contributed by atoms with Crippen LogP contribution in [0.5, 0.6) is 0 Å². The lowest BCUT2D eigenvalue weighted by molar-refractivity contribution is -0.139. The Morgan fingerprint density at radius 1 is 0.850 bits per heavy atom. The summed E-state index contributed by atoms with van der Waals surface area (Å²) in [5, 5.41) is 47.9. The Hall–Kier alpha value is -1.71. The standard InChI is InChI=1S/2C4H8O3.C3H6O3/c1-3(5)2-4(6)7;5-3-1-2-4(6)7;4-2-1-3(5)6/h3,5H,2H2,1H3,(H,6,7);5H,1-3H2,(H,6,7);4H,1-2H2,(H,5,6). The zero-order chi connectivity index (χ0) is 16.6. The smallest absolute Gasteiger partial charge is 0.305 e. The van der Waals surface area contributed by atoms with Gasteiger partial charge in [-0.25, -0.2) is 0 Å². The molecule has 120 valence electrons. The van der Waals surface area contributed by atoms with Crippen LogP contribution in [-0.4, -0.2) is 67.9 Å². The molecule has 0 heterocycles. The van der Waals surface area contributed by atoms with Crippen molar-refractivity contribution in [2.45, 2.75) is 38.7 Å². The van der Waals surface area contributed by atoms with Gasteiger partial charge in [0, 0.05) is 13.0 Å². The van der Waals surface area contributed by atoms with Gasteiger partial charge in [0.1, 0.15) is 0 Å². The highest BCUT2D eigenvalue weighted by molar-refractivity contribution is 5.67. The third kappa shape index (κ3) is 44.1. The van der Waals surface area contributed by atoms with Crippen molar-refractivity contribution in [2.75, 3.05) is 13.2 Å². The quantitative estimate of drug-likeness (QED) is 0.349. The van der Waals surface area contributed by atoms with E-state index >= 15 is 0 Å². The van der Waals surface area contributed by atoms with E-state index in [4.69, 9.17) is 30.6 Å². The van der Waals surface area contributed by atoms with Crippen LogP contribution in [0.1, 0.15) is 32.6 Å². The van der Waals surface area contributed by atoms with E-state index in [1.165, 1.54) is 6.92 Å². The lowest BCUT2D eigenvalue weighted by Crippen LogP contribution is -2.07. The largest absolute Gasteiger partial charge is 0.481 e. The number of carboxylic acids is 3. The van der Waals surface area contributed by atoms with Gasteiger partial charge >= 0.3 is 17.9 Å². The number of hydrogen-bond acceptors (Lipinski definition) is 6. The second-order valence-corrected chi connectivity index (χ2v) is 3.54. The van der Waals surface area contributed by atoms with E-state index in [-0.39, 0.29) is 32.5 Å². The van der Waals surface area contributed by atoms with Crippen molar-refractivity contribution in [1.29, 1.82) is 0 Å². The molecule has 0 spiro atoms. The summed E-state index contributed by atoms with van der Waals surface area (Å²) in [6, 6.07) is 0. The molecule has 0 aliphatic carbocycles. The van der Waals surface area contributed by atoms with Crippen LogP contribution >= 0.6 is 0 Å². The van der Waals surface area contributed by atoms with Gasteiger partial charge in [-0.1, -0.05) is 0 Å². The molecule has 0 aromatic rings. The second-order valence-electron chi connectivity index (χ2n) is 3.54. The van der Waals surface area contributed by atoms with Gasteiger partial charge in [0.05, 0.1) is 25.6 Å². The zero-order valence-electron chi connectivity index (χ0n) is 11.2. The van der Waals surface area contributed by atoms with Crippen molar-refractivity contribution < 1.29 is 45.0 Å². The molecule has 0 aromatic carbocycles. The normalized spacial score (nSPS) is 10.2. The molecule has 1 unspecified atom stereocenters. The van der Waals surface area contributed by atoms with Crippen LogP contribution in [0.15, 0.2) is 0 Å². The Bertz CT molecular complexity index is 263. The third-order valence-corrected chi connectivity index (χ3v) is 1.34. The van der Waals surface area contributed by atoms with Crippen LogP contribution in [-0.2, 0) is 14.4 Å². The highest BCUT2D eigenvalue weighted by Gasteiger charge is 2.00. The van der Waals surface area contributed by atoms with E-state index in [9.17, 15) is 14.4 Å². The molecule has 0 aliphatic heterocycles. The van der Waals surface area contributed by atoms with E-state index in [0.29, 0.717) is 6.42 Å². The topological polar surface area (TPSA) is 173 Å². The van der Waals surface area contributed by atoms with Gasteiger partial charge in [0.2, 0.25) is 0 Å². The average molecular weight is 298 g/mol. The van der Waals surface area contributed by atoms with Crippen LogP contribution in [0, 0.1) is 0 Å². The van der Waals surface area contributed by atoms with Crippen LogP contribution in [0.2, 0.25) is 0 Å². The average Bonchev–Trinajstić information content (AvgIpc) is 2.25. The van der Waals surface area contributed by atoms with E-state index < -0.39 is 24.0 Å². The van der Waals surface area contributed by atoms with Gasteiger partial charge in [-0.05, 0) is 13.3 Å². The second kappa shape index (κ2) is 17.3. The summed E-state index contributed by atoms with van der Waals surface area (Å²) in [5.41, 5.74) is 0. The van der Waals surface area contributed by atoms with E-state index in [0.717, 1.165) is 0 Å². The lowest BCUT2D eigenvalue weighted by Gasteiger charge is -1.94. The minimum atomic E-state index is -0.963. The van der Waals surface area contributed by atoms with Gasteiger partial charge in [-0.3, -0.25) is 14.4 Å². The number of rotatable bonds is 7. The summed E-state index contributed by atoms with van der Waals surface area (Å²) in [5.74, 6) is -2.78. The molecule has 0 amide bonds. The summed E-state index contributed by atoms with van der Waals surface area (Å²) < 4.78 is 0. The molecule has 0 saturated heterocycles. The molecule has 0 rings (SSSR count). The summed E-state index contributed by atoms with van der Waals surface area (Å²) in [7, 11) is 0. The molecule has 9 heteroatoms. The Labute approximate surface area is 116 Å². The van der Waals surface area contributed by atoms with Gasteiger partial charge in [-0.15, -0.1) is 0 Å². The maximum Gasteiger partial charge on any atom is 0.305 e. The van der Waals surface area contributed by atoms with Gasteiger partial charge < -0.3 is 30.6 Å². The first kappa shape index (κ1) is 23.4. The van der Waals surface area contributed by atoms with E-state index in [1.807, 2.05) is 0 Å². The van der Waals surface area contributed by atoms with E-state index in [1.54, 1.807) is 0 Å². The Morgan fingerprint density at radius 2 is 1.30 bits per heavy atom. The minimum absolute atomic E-state index is 0.0354. The highest BCUT2D eigenvalue weighted by atomic mass is 16.4. The lowest BCUT2D eigenvalue weighted by atomic mass is 10.3. The van der Waals surface area contributed by atoms with Crippen LogP contribution in [0.3, 0.4) is 0 Å². The van der Waals surface area contributed by atoms with E-state index in [2.05, 4.69) is 0 Å². The monoisotopic (exact) mass is 298 g/mol. The fourth-order valence-electron chi connectivity index (χ4n) is 0.579. The van der Waals surface area contributed by atoms with Crippen LogP contribution in [0.25, 0.3) is 0 Å². The molecule has 0 aliphatic rings. The van der Waals surface area contributed by atoms with Gasteiger partial charge in [0.15, 0.2) is 0 Å². The number of carbonyl (C=O) groups is 3. The summed E-state index contributed by atoms with van der Waals surface area (Å²) in [6.07, 6.45) is -0.622. The summed E-state index contributed by atoms with van der Waals surface area (Å²) in [4.78, 5) is 28.7. The number of aliphatic hydroxyl groups excluding tert-OH is 3. The molecule has 0 radical (unpaired) electrons. The SMILES string of the molecule is CC(O)CC(=O)O.O=C(O)CCCO.O=C(O)CCO. The number of carboxylic acid groups (broad SMARTS) is 3. The van der Waals surface area contributed by atoms with Crippen molar-refractivity contribution in [3.8, 4) is 0 Å². The van der Waals surface area contributed by atoms with Crippen molar-refractivity contribution in [2.24, 2.45) is 0 Å². The first-order valence-electron chi connectivity index (χ1n) is 5.72. The number of hydrogen-bond donors (Lipinski definition) is 6. The Morgan fingerprint density at radius 3 is 1.35 bits per heavy atom. The summed E-state index contributed by atoms with van der Waals surface area (Å²) in [6.45, 7) is 1.13. The predicted octanol–water partition coefficient (Wildman–Crippen LogP) is -0.861. The Kier molecular flexibility index (Phi) is 20.2. The first-order valence-corrected chi connectivity index (χ1v) is 5.72. The number of aliphatic hydroxyl groups is 3. The molecule has 20 heavy (non-hydrogen) atoms. The summed E-state index contributed by atoms with van der Waals surface area (Å²) >= 11 is 0. The molecule has 0 aromatic heterocycles. The fourth-order valence-corrected chi connectivity index (χ4v) is 0.579.